The van der Waals surface area contributed by atoms with Crippen LogP contribution in [0.3, 0.4) is 0 Å². The molecule has 0 aliphatic rings. The van der Waals surface area contributed by atoms with Crippen LogP contribution in [0.4, 0.5) is 0 Å². The summed E-state index contributed by atoms with van der Waals surface area (Å²) in [5.41, 5.74) is 0. The Balaban J connectivity index is 3.37. The Morgan fingerprint density at radius 2 is 0.588 bits per heavy atom. The first-order chi connectivity index (χ1) is 39.5. The molecule has 2 unspecified atom stereocenters. The van der Waals surface area contributed by atoms with E-state index >= 15 is 0 Å². The molecule has 0 aromatic rings. The number of carbonyl (C=O) groups excluding carboxylic acids is 2. The lowest BCUT2D eigenvalue weighted by atomic mass is 10.0. The number of ether oxygens (including phenoxy) is 1. The smallest absolute Gasteiger partial charge is 0.305 e. The van der Waals surface area contributed by atoms with Crippen molar-refractivity contribution in [2.45, 2.75) is 424 Å². The van der Waals surface area contributed by atoms with E-state index in [1.54, 1.807) is 6.08 Å². The molecule has 0 radical (unpaired) electrons. The van der Waals surface area contributed by atoms with Crippen molar-refractivity contribution in [3.05, 3.63) is 24.3 Å². The Kier molecular flexibility index (Phi) is 68.4. The molecule has 0 aliphatic carbocycles. The molecule has 0 saturated heterocycles. The lowest BCUT2D eigenvalue weighted by molar-refractivity contribution is -0.143. The number of esters is 1. The number of carbonyl (C=O) groups is 2. The number of rotatable bonds is 69. The van der Waals surface area contributed by atoms with Crippen LogP contribution in [-0.2, 0) is 14.3 Å². The highest BCUT2D eigenvalue weighted by atomic mass is 16.5. The molecule has 0 aliphatic heterocycles. The van der Waals surface area contributed by atoms with Crippen LogP contribution >= 0.6 is 0 Å². The van der Waals surface area contributed by atoms with Crippen LogP contribution < -0.4 is 5.32 Å². The maximum absolute atomic E-state index is 12.5. The van der Waals surface area contributed by atoms with Crippen LogP contribution in [-0.4, -0.2) is 47.4 Å². The third-order valence-electron chi connectivity index (χ3n) is 17.2. The van der Waals surface area contributed by atoms with Crippen molar-refractivity contribution >= 4 is 11.9 Å². The van der Waals surface area contributed by atoms with E-state index in [4.69, 9.17) is 4.74 Å². The molecule has 6 heteroatoms. The Bertz CT molecular complexity index is 1250. The molecule has 3 N–H and O–H groups in total. The van der Waals surface area contributed by atoms with Gasteiger partial charge in [0.1, 0.15) is 0 Å². The molecule has 2 atom stereocenters. The van der Waals surface area contributed by atoms with Gasteiger partial charge < -0.3 is 20.3 Å². The molecule has 80 heavy (non-hydrogen) atoms. The second kappa shape index (κ2) is 69.8. The van der Waals surface area contributed by atoms with Crippen molar-refractivity contribution in [2.75, 3.05) is 13.2 Å². The number of amides is 1. The number of nitrogens with one attached hydrogen (secondary N) is 1. The molecule has 0 aromatic heterocycles. The fourth-order valence-corrected chi connectivity index (χ4v) is 11.6. The maximum Gasteiger partial charge on any atom is 0.305 e. The first-order valence-electron chi connectivity index (χ1n) is 36.6. The van der Waals surface area contributed by atoms with E-state index in [0.717, 1.165) is 38.5 Å². The van der Waals surface area contributed by atoms with E-state index in [1.807, 2.05) is 6.08 Å². The zero-order valence-electron chi connectivity index (χ0n) is 54.3. The highest BCUT2D eigenvalue weighted by Crippen LogP contribution is 2.19. The quantitative estimate of drug-likeness (QED) is 0.0320. The predicted molar refractivity (Wildman–Crippen MR) is 352 cm³/mol. The molecule has 0 spiro atoms. The van der Waals surface area contributed by atoms with E-state index < -0.39 is 12.1 Å². The minimum absolute atomic E-state index is 0.0210. The molecular formula is C74H143NO5. The lowest BCUT2D eigenvalue weighted by Gasteiger charge is -2.20. The third kappa shape index (κ3) is 65.5. The Labute approximate surface area is 501 Å². The summed E-state index contributed by atoms with van der Waals surface area (Å²) in [6.45, 7) is 4.95. The first-order valence-corrected chi connectivity index (χ1v) is 36.6. The molecule has 0 saturated carbocycles. The zero-order chi connectivity index (χ0) is 57.8. The normalized spacial score (nSPS) is 12.6. The van der Waals surface area contributed by atoms with E-state index in [0.29, 0.717) is 19.4 Å². The first kappa shape index (κ1) is 78.3. The van der Waals surface area contributed by atoms with Crippen molar-refractivity contribution in [3.63, 3.8) is 0 Å². The van der Waals surface area contributed by atoms with Gasteiger partial charge in [-0.25, -0.2) is 0 Å². The average molecular weight is 1130 g/mol. The van der Waals surface area contributed by atoms with Gasteiger partial charge >= 0.3 is 5.97 Å². The number of hydrogen-bond acceptors (Lipinski definition) is 5. The van der Waals surface area contributed by atoms with Crippen LogP contribution in [0.15, 0.2) is 24.3 Å². The molecule has 0 fully saturated rings. The summed E-state index contributed by atoms with van der Waals surface area (Å²) in [5.74, 6) is -0.0415. The number of allylic oxidation sites excluding steroid dienone is 3. The van der Waals surface area contributed by atoms with Crippen LogP contribution in [0.1, 0.15) is 412 Å². The van der Waals surface area contributed by atoms with Crippen molar-refractivity contribution in [1.82, 2.24) is 5.32 Å². The SMILES string of the molecule is CCCCCCCCCCCCCCCCC/C=C/C(O)C(CO)NC(=O)CCCCCCCCCCCCCCCCC/C=C\CCCCCCCCCCCCCCOC(=O)CCCCCCCCCCCCCCCCC. The van der Waals surface area contributed by atoms with Crippen molar-refractivity contribution < 1.29 is 24.5 Å². The highest BCUT2D eigenvalue weighted by molar-refractivity contribution is 5.76. The van der Waals surface area contributed by atoms with E-state index in [-0.39, 0.29) is 18.5 Å². The molecular weight excluding hydrogens is 983 g/mol. The molecule has 0 bridgehead atoms. The number of unbranched alkanes of at least 4 members (excludes halogenated alkanes) is 56. The molecule has 0 rings (SSSR count). The van der Waals surface area contributed by atoms with Gasteiger partial charge in [-0.15, -0.1) is 0 Å². The fraction of sp³-hybridized carbons (Fsp3) is 0.919. The standard InChI is InChI=1S/C74H143NO5/c1-3-5-7-9-11-13-15-17-19-35-39-42-46-50-54-58-62-66-72(77)71(70-76)75-73(78)67-63-59-55-51-47-43-40-36-33-31-29-27-25-23-21-20-22-24-26-28-30-32-34-37-41-45-49-53-57-61-65-69-80-74(79)68-64-60-56-52-48-44-38-18-16-14-12-10-8-6-4-2/h22,24,62,66,71-72,76-77H,3-21,23,25-61,63-65,67-70H2,1-2H3,(H,75,78)/b24-22-,66-62+. The van der Waals surface area contributed by atoms with Gasteiger partial charge in [0.25, 0.3) is 0 Å². The van der Waals surface area contributed by atoms with Gasteiger partial charge in [0.15, 0.2) is 0 Å². The number of aliphatic hydroxyl groups excluding tert-OH is 2. The van der Waals surface area contributed by atoms with Crippen LogP contribution in [0.2, 0.25) is 0 Å². The van der Waals surface area contributed by atoms with E-state index in [2.05, 4.69) is 31.3 Å². The van der Waals surface area contributed by atoms with Gasteiger partial charge in [0.2, 0.25) is 5.91 Å². The lowest BCUT2D eigenvalue weighted by Crippen LogP contribution is -2.45. The summed E-state index contributed by atoms with van der Waals surface area (Å²) >= 11 is 0. The van der Waals surface area contributed by atoms with Gasteiger partial charge in [-0.3, -0.25) is 9.59 Å². The minimum Gasteiger partial charge on any atom is -0.466 e. The molecule has 1 amide bonds. The Hall–Kier alpha value is -1.66. The van der Waals surface area contributed by atoms with Crippen LogP contribution in [0.5, 0.6) is 0 Å². The van der Waals surface area contributed by atoms with E-state index in [1.165, 1.54) is 347 Å². The Morgan fingerprint density at radius 3 is 0.887 bits per heavy atom. The topological polar surface area (TPSA) is 95.9 Å². The molecule has 6 nitrogen and oxygen atoms in total. The number of aliphatic hydroxyl groups is 2. The molecule has 0 heterocycles. The van der Waals surface area contributed by atoms with Gasteiger partial charge in [-0.1, -0.05) is 366 Å². The Morgan fingerprint density at radius 1 is 0.338 bits per heavy atom. The minimum atomic E-state index is -0.843. The second-order valence-electron chi connectivity index (χ2n) is 25.3. The third-order valence-corrected chi connectivity index (χ3v) is 17.2. The van der Waals surface area contributed by atoms with Crippen molar-refractivity contribution in [1.29, 1.82) is 0 Å². The highest BCUT2D eigenvalue weighted by Gasteiger charge is 2.18. The summed E-state index contributed by atoms with van der Waals surface area (Å²) in [7, 11) is 0. The predicted octanol–water partition coefficient (Wildman–Crippen LogP) is 23.7. The van der Waals surface area contributed by atoms with Gasteiger partial charge in [0, 0.05) is 12.8 Å². The summed E-state index contributed by atoms with van der Waals surface area (Å²) in [6, 6.07) is -0.626. The molecule has 0 aromatic carbocycles. The van der Waals surface area contributed by atoms with Crippen LogP contribution in [0, 0.1) is 0 Å². The van der Waals surface area contributed by atoms with Crippen molar-refractivity contribution in [2.24, 2.45) is 0 Å². The van der Waals surface area contributed by atoms with E-state index in [9.17, 15) is 19.8 Å². The van der Waals surface area contributed by atoms with Crippen molar-refractivity contribution in [3.8, 4) is 0 Å². The fourth-order valence-electron chi connectivity index (χ4n) is 11.6. The average Bonchev–Trinajstić information content (AvgIpc) is 3.46. The zero-order valence-corrected chi connectivity index (χ0v) is 54.3. The summed E-state index contributed by atoms with van der Waals surface area (Å²) in [6.07, 6.45) is 88.4. The second-order valence-corrected chi connectivity index (χ2v) is 25.3. The number of hydrogen-bond donors (Lipinski definition) is 3. The maximum atomic E-state index is 12.5. The largest absolute Gasteiger partial charge is 0.466 e. The monoisotopic (exact) mass is 1130 g/mol. The van der Waals surface area contributed by atoms with Gasteiger partial charge in [-0.05, 0) is 57.8 Å². The summed E-state index contributed by atoms with van der Waals surface area (Å²) in [4.78, 5) is 24.6. The van der Waals surface area contributed by atoms with Gasteiger partial charge in [-0.2, -0.15) is 0 Å². The summed E-state index contributed by atoms with van der Waals surface area (Å²) < 4.78 is 5.50. The molecule has 474 valence electrons. The van der Waals surface area contributed by atoms with Crippen LogP contribution in [0.25, 0.3) is 0 Å². The summed E-state index contributed by atoms with van der Waals surface area (Å²) in [5, 5.41) is 23.2. The van der Waals surface area contributed by atoms with Gasteiger partial charge in [0.05, 0.1) is 25.4 Å².